The Bertz CT molecular complexity index is 75.5. The Labute approximate surface area is 68.2 Å². The van der Waals surface area contributed by atoms with Crippen molar-refractivity contribution in [2.24, 2.45) is 0 Å². The summed E-state index contributed by atoms with van der Waals surface area (Å²) >= 11 is 3.76. The summed E-state index contributed by atoms with van der Waals surface area (Å²) in [5, 5.41) is 0.528. The van der Waals surface area contributed by atoms with E-state index in [0.717, 1.165) is 0 Å². The second-order valence-corrected chi connectivity index (χ2v) is 9.09. The molecule has 0 fully saturated rings. The van der Waals surface area contributed by atoms with Gasteiger partial charge in [-0.05, 0) is 11.1 Å². The average molecular weight is 208 g/mol. The van der Waals surface area contributed by atoms with Crippen molar-refractivity contribution in [3.8, 4) is 0 Å². The van der Waals surface area contributed by atoms with E-state index in [1.54, 1.807) is 0 Å². The first kappa shape index (κ1) is 9.70. The Morgan fingerprint density at radius 2 is 1.78 bits per heavy atom. The van der Waals surface area contributed by atoms with E-state index in [2.05, 4.69) is 43.0 Å². The molecular formula is C7H16BrSi. The molecule has 1 radical (unpaired) electrons. The Balaban J connectivity index is 3.59. The molecule has 0 bridgehead atoms. The largest absolute Gasteiger partial charge is 0.140 e. The topological polar surface area (TPSA) is 0 Å². The van der Waals surface area contributed by atoms with Crippen LogP contribution in [0.4, 0.5) is 0 Å². The lowest BCUT2D eigenvalue weighted by atomic mass is 10.2. The predicted octanol–water partition coefficient (Wildman–Crippen LogP) is 3.58. The standard InChI is InChI=1S/C7H16BrSi/c1-5-6-9(8)7(2,3)4/h5-6H2,1-4H3. The summed E-state index contributed by atoms with van der Waals surface area (Å²) < 4.78 is 0. The van der Waals surface area contributed by atoms with Crippen LogP contribution in [-0.2, 0) is 0 Å². The number of hydrogen-bond donors (Lipinski definition) is 0. The molecule has 55 valence electrons. The molecule has 0 aromatic carbocycles. The third kappa shape index (κ3) is 4.15. The molecule has 0 spiro atoms. The molecule has 0 amide bonds. The van der Waals surface area contributed by atoms with Gasteiger partial charge >= 0.3 is 0 Å². The van der Waals surface area contributed by atoms with Crippen LogP contribution in [0.15, 0.2) is 0 Å². The van der Waals surface area contributed by atoms with Gasteiger partial charge in [-0.2, -0.15) is 0 Å². The van der Waals surface area contributed by atoms with E-state index in [1.165, 1.54) is 12.5 Å². The first-order valence-electron chi connectivity index (χ1n) is 3.50. The summed E-state index contributed by atoms with van der Waals surface area (Å²) in [4.78, 5) is 0. The molecule has 0 heterocycles. The van der Waals surface area contributed by atoms with E-state index < -0.39 is 0 Å². The molecule has 0 aliphatic rings. The van der Waals surface area contributed by atoms with Crippen molar-refractivity contribution in [3.05, 3.63) is 0 Å². The molecule has 0 saturated heterocycles. The van der Waals surface area contributed by atoms with Gasteiger partial charge in [0.25, 0.3) is 0 Å². The molecule has 0 aliphatic heterocycles. The van der Waals surface area contributed by atoms with Gasteiger partial charge in [0.15, 0.2) is 0 Å². The van der Waals surface area contributed by atoms with Gasteiger partial charge in [-0.15, -0.1) is 15.3 Å². The highest BCUT2D eigenvalue weighted by molar-refractivity contribution is 9.24. The Morgan fingerprint density at radius 1 is 1.33 bits per heavy atom. The zero-order valence-corrected chi connectivity index (χ0v) is 9.38. The lowest BCUT2D eigenvalue weighted by Gasteiger charge is -2.22. The van der Waals surface area contributed by atoms with Gasteiger partial charge in [0.05, 0.1) is 0 Å². The van der Waals surface area contributed by atoms with Gasteiger partial charge in [-0.1, -0.05) is 34.1 Å². The van der Waals surface area contributed by atoms with Crippen molar-refractivity contribution in [2.45, 2.75) is 45.2 Å². The quantitative estimate of drug-likeness (QED) is 0.480. The Hall–Kier alpha value is 0.697. The first-order valence-corrected chi connectivity index (χ1v) is 7.46. The van der Waals surface area contributed by atoms with Gasteiger partial charge in [-0.3, -0.25) is 0 Å². The third-order valence-corrected chi connectivity index (χ3v) is 8.61. The minimum Gasteiger partial charge on any atom is -0.128 e. The van der Waals surface area contributed by atoms with Crippen LogP contribution in [0.3, 0.4) is 0 Å². The minimum absolute atomic E-state index is 0.244. The molecule has 0 aromatic rings. The van der Waals surface area contributed by atoms with Crippen LogP contribution in [0.2, 0.25) is 11.1 Å². The smallest absolute Gasteiger partial charge is 0.128 e. The fourth-order valence-electron chi connectivity index (χ4n) is 0.594. The average Bonchev–Trinajstić information content (AvgIpc) is 1.64. The van der Waals surface area contributed by atoms with E-state index in [4.69, 9.17) is 0 Å². The van der Waals surface area contributed by atoms with E-state index in [9.17, 15) is 0 Å². The Morgan fingerprint density at radius 3 is 1.89 bits per heavy atom. The van der Waals surface area contributed by atoms with Crippen molar-refractivity contribution in [1.29, 1.82) is 0 Å². The van der Waals surface area contributed by atoms with Crippen LogP contribution in [0.25, 0.3) is 0 Å². The van der Waals surface area contributed by atoms with Gasteiger partial charge in [0.2, 0.25) is 0 Å². The highest BCUT2D eigenvalue weighted by Crippen LogP contribution is 2.33. The zero-order valence-electron chi connectivity index (χ0n) is 6.79. The normalized spacial score (nSPS) is 12.7. The SMILES string of the molecule is CCC[Si](Br)C(C)(C)C. The molecule has 0 aromatic heterocycles. The van der Waals surface area contributed by atoms with Gasteiger partial charge in [0, 0.05) is 0 Å². The van der Waals surface area contributed by atoms with Crippen molar-refractivity contribution in [2.75, 3.05) is 0 Å². The summed E-state index contributed by atoms with van der Waals surface area (Å²) in [5.74, 6) is 0. The summed E-state index contributed by atoms with van der Waals surface area (Å²) in [6.07, 6.45) is 1.32. The minimum atomic E-state index is -0.244. The van der Waals surface area contributed by atoms with Crippen molar-refractivity contribution < 1.29 is 0 Å². The van der Waals surface area contributed by atoms with E-state index in [1.807, 2.05) is 0 Å². The maximum Gasteiger partial charge on any atom is 0.140 e. The van der Waals surface area contributed by atoms with Crippen LogP contribution >= 0.6 is 15.3 Å². The highest BCUT2D eigenvalue weighted by atomic mass is 79.9. The number of hydrogen-bond acceptors (Lipinski definition) is 0. The molecular weight excluding hydrogens is 192 g/mol. The molecule has 0 atom stereocenters. The second kappa shape index (κ2) is 3.77. The monoisotopic (exact) mass is 207 g/mol. The molecule has 0 aliphatic carbocycles. The molecule has 0 saturated carbocycles. The van der Waals surface area contributed by atoms with E-state index >= 15 is 0 Å². The second-order valence-electron chi connectivity index (χ2n) is 3.40. The third-order valence-electron chi connectivity index (χ3n) is 1.28. The first-order chi connectivity index (χ1) is 3.98. The van der Waals surface area contributed by atoms with Gasteiger partial charge in [0.1, 0.15) is 7.42 Å². The molecule has 0 unspecified atom stereocenters. The fraction of sp³-hybridized carbons (Fsp3) is 1.00. The Kier molecular flexibility index (Phi) is 4.06. The summed E-state index contributed by atoms with van der Waals surface area (Å²) in [5.41, 5.74) is 0. The molecule has 0 rings (SSSR count). The maximum atomic E-state index is 3.76. The lowest BCUT2D eigenvalue weighted by molar-refractivity contribution is 0.742. The predicted molar refractivity (Wildman–Crippen MR) is 49.5 cm³/mol. The van der Waals surface area contributed by atoms with Crippen LogP contribution in [0.5, 0.6) is 0 Å². The molecule has 0 nitrogen and oxygen atoms in total. The summed E-state index contributed by atoms with van der Waals surface area (Å²) in [7, 11) is -0.244. The lowest BCUT2D eigenvalue weighted by Crippen LogP contribution is -2.17. The van der Waals surface area contributed by atoms with Crippen LogP contribution in [0, 0.1) is 0 Å². The maximum absolute atomic E-state index is 3.76. The number of halogens is 1. The molecule has 2 heteroatoms. The van der Waals surface area contributed by atoms with Crippen molar-refractivity contribution in [1.82, 2.24) is 0 Å². The van der Waals surface area contributed by atoms with Crippen LogP contribution in [-0.4, -0.2) is 7.42 Å². The van der Waals surface area contributed by atoms with E-state index in [-0.39, 0.29) is 7.42 Å². The van der Waals surface area contributed by atoms with Crippen molar-refractivity contribution >= 4 is 22.7 Å². The molecule has 0 N–H and O–H groups in total. The van der Waals surface area contributed by atoms with Gasteiger partial charge < -0.3 is 0 Å². The number of rotatable bonds is 2. The fourth-order valence-corrected chi connectivity index (χ4v) is 2.97. The van der Waals surface area contributed by atoms with E-state index in [0.29, 0.717) is 5.04 Å². The summed E-state index contributed by atoms with van der Waals surface area (Å²) in [6.45, 7) is 9.18. The summed E-state index contributed by atoms with van der Waals surface area (Å²) in [6, 6.07) is 1.38. The molecule has 9 heavy (non-hydrogen) atoms. The van der Waals surface area contributed by atoms with Crippen molar-refractivity contribution in [3.63, 3.8) is 0 Å². The van der Waals surface area contributed by atoms with Crippen LogP contribution < -0.4 is 0 Å². The van der Waals surface area contributed by atoms with Crippen LogP contribution in [0.1, 0.15) is 34.1 Å². The zero-order chi connectivity index (χ0) is 7.49. The highest BCUT2D eigenvalue weighted by Gasteiger charge is 2.22. The van der Waals surface area contributed by atoms with Gasteiger partial charge in [-0.25, -0.2) is 0 Å².